The van der Waals surface area contributed by atoms with Crippen molar-refractivity contribution in [3.8, 4) is 0 Å². The lowest BCUT2D eigenvalue weighted by Gasteiger charge is -2.31. The van der Waals surface area contributed by atoms with Crippen LogP contribution in [-0.2, 0) is 6.54 Å². The fourth-order valence-corrected chi connectivity index (χ4v) is 2.78. The third-order valence-corrected chi connectivity index (χ3v) is 3.47. The summed E-state index contributed by atoms with van der Waals surface area (Å²) in [6, 6.07) is 4.66. The van der Waals surface area contributed by atoms with Gasteiger partial charge in [-0.2, -0.15) is 0 Å². The first kappa shape index (κ1) is 10.7. The van der Waals surface area contributed by atoms with E-state index in [0.717, 1.165) is 19.0 Å². The van der Waals surface area contributed by atoms with Crippen LogP contribution in [0.25, 0.3) is 0 Å². The quantitative estimate of drug-likeness (QED) is 0.739. The number of rotatable bonds is 1. The highest BCUT2D eigenvalue weighted by atomic mass is 14.9. The highest BCUT2D eigenvalue weighted by Gasteiger charge is 2.24. The van der Waals surface area contributed by atoms with Crippen LogP contribution in [0.15, 0.2) is 12.1 Å². The summed E-state index contributed by atoms with van der Waals surface area (Å²) in [5.74, 6) is 1.41. The van der Waals surface area contributed by atoms with Crippen molar-refractivity contribution in [2.24, 2.45) is 5.92 Å². The Morgan fingerprint density at radius 3 is 2.67 bits per heavy atom. The molecule has 1 heteroatoms. The van der Waals surface area contributed by atoms with E-state index in [0.29, 0.717) is 5.92 Å². The Kier molecular flexibility index (Phi) is 2.83. The summed E-state index contributed by atoms with van der Waals surface area (Å²) < 4.78 is 0. The maximum absolute atomic E-state index is 3.53. The van der Waals surface area contributed by atoms with E-state index in [1.165, 1.54) is 16.7 Å². The van der Waals surface area contributed by atoms with Crippen molar-refractivity contribution in [1.29, 1.82) is 0 Å². The molecule has 1 atom stereocenters. The van der Waals surface area contributed by atoms with Gasteiger partial charge in [0.05, 0.1) is 0 Å². The zero-order valence-electron chi connectivity index (χ0n) is 10.2. The smallest absolute Gasteiger partial charge is 0.0208 e. The lowest BCUT2D eigenvalue weighted by Crippen LogP contribution is -2.31. The predicted octanol–water partition coefficient (Wildman–Crippen LogP) is 3.15. The second kappa shape index (κ2) is 3.97. The van der Waals surface area contributed by atoms with Gasteiger partial charge in [-0.25, -0.2) is 0 Å². The van der Waals surface area contributed by atoms with E-state index >= 15 is 0 Å². The Morgan fingerprint density at radius 1 is 1.27 bits per heavy atom. The van der Waals surface area contributed by atoms with E-state index < -0.39 is 0 Å². The molecule has 0 radical (unpaired) electrons. The van der Waals surface area contributed by atoms with Crippen LogP contribution in [0.5, 0.6) is 0 Å². The van der Waals surface area contributed by atoms with Crippen molar-refractivity contribution in [2.75, 3.05) is 6.54 Å². The minimum Gasteiger partial charge on any atom is -0.312 e. The summed E-state index contributed by atoms with van der Waals surface area (Å²) in [5.41, 5.74) is 5.98. The first-order valence-electron chi connectivity index (χ1n) is 5.90. The molecule has 1 aromatic carbocycles. The highest BCUT2D eigenvalue weighted by molar-refractivity contribution is 5.42. The maximum atomic E-state index is 3.53. The van der Waals surface area contributed by atoms with Crippen molar-refractivity contribution in [2.45, 2.75) is 40.2 Å². The zero-order chi connectivity index (χ0) is 11.0. The number of aryl methyl sites for hydroxylation is 2. The van der Waals surface area contributed by atoms with Gasteiger partial charge < -0.3 is 5.32 Å². The first-order chi connectivity index (χ1) is 7.09. The van der Waals surface area contributed by atoms with Crippen LogP contribution in [0.1, 0.15) is 42.0 Å². The van der Waals surface area contributed by atoms with E-state index in [4.69, 9.17) is 0 Å². The Labute approximate surface area is 92.9 Å². The van der Waals surface area contributed by atoms with Crippen molar-refractivity contribution < 1.29 is 0 Å². The Bertz CT molecular complexity index is 366. The fourth-order valence-electron chi connectivity index (χ4n) is 2.78. The van der Waals surface area contributed by atoms with Crippen molar-refractivity contribution in [3.63, 3.8) is 0 Å². The van der Waals surface area contributed by atoms with Crippen LogP contribution < -0.4 is 5.32 Å². The van der Waals surface area contributed by atoms with E-state index in [-0.39, 0.29) is 0 Å². The fraction of sp³-hybridized carbons (Fsp3) is 0.571. The second-order valence-corrected chi connectivity index (χ2v) is 5.14. The minimum atomic E-state index is 0.689. The summed E-state index contributed by atoms with van der Waals surface area (Å²) in [5, 5.41) is 3.53. The van der Waals surface area contributed by atoms with E-state index in [1.54, 1.807) is 5.56 Å². The summed E-state index contributed by atoms with van der Waals surface area (Å²) in [6.07, 6.45) is 0. The van der Waals surface area contributed by atoms with Gasteiger partial charge in [-0.3, -0.25) is 0 Å². The maximum Gasteiger partial charge on any atom is 0.0208 e. The molecule has 1 heterocycles. The average molecular weight is 203 g/mol. The van der Waals surface area contributed by atoms with Gasteiger partial charge in [0, 0.05) is 13.1 Å². The molecule has 0 amide bonds. The SMILES string of the molecule is Cc1cc(C)c2c(c1)CNCC2C(C)C. The minimum absolute atomic E-state index is 0.689. The van der Waals surface area contributed by atoms with Crippen LogP contribution in [0.2, 0.25) is 0 Å². The number of hydrogen-bond donors (Lipinski definition) is 1. The third-order valence-electron chi connectivity index (χ3n) is 3.47. The highest BCUT2D eigenvalue weighted by Crippen LogP contribution is 2.33. The molecule has 1 aromatic rings. The molecule has 15 heavy (non-hydrogen) atoms. The summed E-state index contributed by atoms with van der Waals surface area (Å²) in [4.78, 5) is 0. The number of hydrogen-bond acceptors (Lipinski definition) is 1. The molecule has 0 fully saturated rings. The second-order valence-electron chi connectivity index (χ2n) is 5.14. The van der Waals surface area contributed by atoms with Crippen LogP contribution in [0, 0.1) is 19.8 Å². The lowest BCUT2D eigenvalue weighted by atomic mass is 9.80. The molecule has 2 rings (SSSR count). The number of fused-ring (bicyclic) bond motifs is 1. The average Bonchev–Trinajstić information content (AvgIpc) is 2.16. The summed E-state index contributed by atoms with van der Waals surface area (Å²) >= 11 is 0. The van der Waals surface area contributed by atoms with Crippen molar-refractivity contribution in [3.05, 3.63) is 34.4 Å². The Hall–Kier alpha value is -0.820. The number of nitrogens with one attached hydrogen (secondary N) is 1. The summed E-state index contributed by atoms with van der Waals surface area (Å²) in [7, 11) is 0. The van der Waals surface area contributed by atoms with Gasteiger partial charge >= 0.3 is 0 Å². The predicted molar refractivity (Wildman–Crippen MR) is 65.2 cm³/mol. The molecule has 0 saturated heterocycles. The molecular formula is C14H21N. The van der Waals surface area contributed by atoms with E-state index in [9.17, 15) is 0 Å². The van der Waals surface area contributed by atoms with E-state index in [1.807, 2.05) is 0 Å². The molecule has 0 saturated carbocycles. The molecule has 1 unspecified atom stereocenters. The zero-order valence-corrected chi connectivity index (χ0v) is 10.2. The van der Waals surface area contributed by atoms with Gasteiger partial charge in [0.1, 0.15) is 0 Å². The largest absolute Gasteiger partial charge is 0.312 e. The first-order valence-corrected chi connectivity index (χ1v) is 5.90. The monoisotopic (exact) mass is 203 g/mol. The van der Waals surface area contributed by atoms with E-state index in [2.05, 4.69) is 45.1 Å². The summed E-state index contributed by atoms with van der Waals surface area (Å²) in [6.45, 7) is 11.3. The van der Waals surface area contributed by atoms with Gasteiger partial charge in [0.25, 0.3) is 0 Å². The normalized spacial score (nSPS) is 20.5. The van der Waals surface area contributed by atoms with Crippen LogP contribution >= 0.6 is 0 Å². The molecule has 1 N–H and O–H groups in total. The van der Waals surface area contributed by atoms with Gasteiger partial charge in [0.15, 0.2) is 0 Å². The van der Waals surface area contributed by atoms with Gasteiger partial charge in [-0.05, 0) is 42.4 Å². The topological polar surface area (TPSA) is 12.0 Å². The third kappa shape index (κ3) is 1.93. The molecule has 0 bridgehead atoms. The van der Waals surface area contributed by atoms with Crippen LogP contribution in [0.3, 0.4) is 0 Å². The molecule has 82 valence electrons. The molecule has 0 spiro atoms. The Morgan fingerprint density at radius 2 is 2.00 bits per heavy atom. The van der Waals surface area contributed by atoms with Gasteiger partial charge in [0.2, 0.25) is 0 Å². The van der Waals surface area contributed by atoms with Crippen molar-refractivity contribution >= 4 is 0 Å². The van der Waals surface area contributed by atoms with Crippen molar-refractivity contribution in [1.82, 2.24) is 5.32 Å². The molecule has 0 aliphatic carbocycles. The van der Waals surface area contributed by atoms with Crippen LogP contribution in [0.4, 0.5) is 0 Å². The molecule has 1 nitrogen and oxygen atoms in total. The molecular weight excluding hydrogens is 182 g/mol. The standard InChI is InChI=1S/C14H21N/c1-9(2)13-8-15-7-12-6-10(3)5-11(4)14(12)13/h5-6,9,13,15H,7-8H2,1-4H3. The van der Waals surface area contributed by atoms with Gasteiger partial charge in [-0.15, -0.1) is 0 Å². The molecule has 0 aromatic heterocycles. The molecule has 1 aliphatic rings. The van der Waals surface area contributed by atoms with Gasteiger partial charge in [-0.1, -0.05) is 31.5 Å². The lowest BCUT2D eigenvalue weighted by molar-refractivity contribution is 0.434. The Balaban J connectivity index is 2.51. The van der Waals surface area contributed by atoms with Crippen LogP contribution in [-0.4, -0.2) is 6.54 Å². The number of benzene rings is 1. The molecule has 1 aliphatic heterocycles.